The second kappa shape index (κ2) is 10.8. The Labute approximate surface area is 154 Å². The molecule has 148 valence electrons. The number of ether oxygens (including phenoxy) is 3. The van der Waals surface area contributed by atoms with E-state index < -0.39 is 18.4 Å². The Morgan fingerprint density at radius 2 is 1.85 bits per heavy atom. The maximum Gasteiger partial charge on any atom is 0.306 e. The molecule has 0 spiro atoms. The summed E-state index contributed by atoms with van der Waals surface area (Å²) in [6.45, 7) is 7.78. The molecule has 0 aromatic heterocycles. The maximum atomic E-state index is 12.0. The maximum absolute atomic E-state index is 12.0. The summed E-state index contributed by atoms with van der Waals surface area (Å²) in [5.74, 6) is -0.289. The van der Waals surface area contributed by atoms with Crippen molar-refractivity contribution >= 4 is 17.8 Å². The van der Waals surface area contributed by atoms with Crippen LogP contribution in [0.25, 0.3) is 0 Å². The highest BCUT2D eigenvalue weighted by Gasteiger charge is 2.38. The first-order chi connectivity index (χ1) is 12.2. The van der Waals surface area contributed by atoms with E-state index in [4.69, 9.17) is 25.4 Å². The molecule has 26 heavy (non-hydrogen) atoms. The first kappa shape index (κ1) is 22.0. The van der Waals surface area contributed by atoms with Gasteiger partial charge in [-0.2, -0.15) is 0 Å². The molecule has 1 fully saturated rings. The van der Waals surface area contributed by atoms with E-state index in [0.29, 0.717) is 19.3 Å². The predicted molar refractivity (Wildman–Crippen MR) is 97.2 cm³/mol. The minimum Gasteiger partial charge on any atom is -0.463 e. The minimum absolute atomic E-state index is 0.0276. The Balaban J connectivity index is 2.62. The van der Waals surface area contributed by atoms with Gasteiger partial charge in [0.25, 0.3) is 0 Å². The Morgan fingerprint density at radius 1 is 1.23 bits per heavy atom. The van der Waals surface area contributed by atoms with Gasteiger partial charge < -0.3 is 25.3 Å². The molecule has 0 aliphatic carbocycles. The average molecular weight is 369 g/mol. The number of carbonyl (C=O) groups excluding carboxylic acids is 2. The third kappa shape index (κ3) is 8.84. The van der Waals surface area contributed by atoms with E-state index in [9.17, 15) is 9.59 Å². The smallest absolute Gasteiger partial charge is 0.306 e. The van der Waals surface area contributed by atoms with Gasteiger partial charge in [-0.05, 0) is 17.9 Å². The minimum atomic E-state index is -0.537. The number of esters is 2. The van der Waals surface area contributed by atoms with Crippen molar-refractivity contribution in [2.75, 3.05) is 6.61 Å². The topological polar surface area (TPSA) is 124 Å². The Bertz CT molecular complexity index is 519. The van der Waals surface area contributed by atoms with Gasteiger partial charge in [-0.15, -0.1) is 0 Å². The van der Waals surface area contributed by atoms with E-state index in [0.717, 1.165) is 0 Å². The number of carbonyl (C=O) groups is 2. The number of hydrogen-bond acceptors (Lipinski definition) is 7. The molecule has 0 amide bonds. The fourth-order valence-electron chi connectivity index (χ4n) is 2.46. The summed E-state index contributed by atoms with van der Waals surface area (Å²) < 4.78 is 16.6. The van der Waals surface area contributed by atoms with Crippen LogP contribution in [0.1, 0.15) is 47.0 Å². The van der Waals surface area contributed by atoms with Gasteiger partial charge in [-0.3, -0.25) is 15.0 Å². The Morgan fingerprint density at radius 3 is 2.42 bits per heavy atom. The number of hydrogen-bond donors (Lipinski definition) is 3. The van der Waals surface area contributed by atoms with E-state index >= 15 is 0 Å². The van der Waals surface area contributed by atoms with E-state index in [1.807, 2.05) is 27.7 Å². The van der Waals surface area contributed by atoms with Crippen LogP contribution in [-0.4, -0.2) is 42.8 Å². The molecule has 0 aromatic carbocycles. The lowest BCUT2D eigenvalue weighted by Gasteiger charge is -2.19. The van der Waals surface area contributed by atoms with Crippen LogP contribution in [0, 0.1) is 17.2 Å². The second-order valence-corrected chi connectivity index (χ2v) is 7.26. The van der Waals surface area contributed by atoms with Gasteiger partial charge >= 0.3 is 11.9 Å². The lowest BCUT2D eigenvalue weighted by Crippen LogP contribution is -2.32. The molecule has 8 heteroatoms. The zero-order valence-corrected chi connectivity index (χ0v) is 16.0. The van der Waals surface area contributed by atoms with Gasteiger partial charge in [0, 0.05) is 25.5 Å². The van der Waals surface area contributed by atoms with Gasteiger partial charge in [-0.1, -0.05) is 27.7 Å². The van der Waals surface area contributed by atoms with Crippen LogP contribution in [0.5, 0.6) is 0 Å². The van der Waals surface area contributed by atoms with E-state index in [1.54, 1.807) is 0 Å². The second-order valence-electron chi connectivity index (χ2n) is 7.26. The van der Waals surface area contributed by atoms with E-state index in [-0.39, 0.29) is 36.2 Å². The molecule has 0 radical (unpaired) electrons. The molecule has 1 rings (SSSR count). The third-order valence-corrected chi connectivity index (χ3v) is 3.59. The average Bonchev–Trinajstić information content (AvgIpc) is 2.85. The van der Waals surface area contributed by atoms with Crippen molar-refractivity contribution in [1.29, 1.82) is 5.41 Å². The van der Waals surface area contributed by atoms with Crippen molar-refractivity contribution < 1.29 is 23.8 Å². The van der Waals surface area contributed by atoms with Crippen LogP contribution < -0.4 is 11.1 Å². The highest BCUT2D eigenvalue weighted by molar-refractivity contribution is 5.88. The van der Waals surface area contributed by atoms with E-state index in [1.165, 1.54) is 12.3 Å². The number of rotatable bonds is 10. The molecular formula is C18H31N3O5. The predicted octanol–water partition coefficient (Wildman–Crippen LogP) is 1.69. The Kier molecular flexibility index (Phi) is 9.12. The number of nitrogens with one attached hydrogen (secondary N) is 2. The summed E-state index contributed by atoms with van der Waals surface area (Å²) in [6, 6.07) is 0. The summed E-state index contributed by atoms with van der Waals surface area (Å²) in [7, 11) is 0. The lowest BCUT2D eigenvalue weighted by atomic mass is 10.1. The fraction of sp³-hybridized carbons (Fsp3) is 0.722. The van der Waals surface area contributed by atoms with E-state index in [2.05, 4.69) is 5.32 Å². The van der Waals surface area contributed by atoms with Crippen molar-refractivity contribution in [2.24, 2.45) is 17.6 Å². The van der Waals surface area contributed by atoms with Gasteiger partial charge in [0.1, 0.15) is 30.9 Å². The zero-order valence-electron chi connectivity index (χ0n) is 16.0. The van der Waals surface area contributed by atoms with Gasteiger partial charge in [-0.25, -0.2) is 0 Å². The van der Waals surface area contributed by atoms with Crippen LogP contribution in [0.4, 0.5) is 0 Å². The largest absolute Gasteiger partial charge is 0.463 e. The fourth-order valence-corrected chi connectivity index (χ4v) is 2.46. The zero-order chi connectivity index (χ0) is 19.7. The molecule has 0 aromatic rings. The monoisotopic (exact) mass is 369 g/mol. The number of nitrogens with two attached hydrogens (primary N) is 1. The van der Waals surface area contributed by atoms with Crippen LogP contribution in [0.2, 0.25) is 0 Å². The van der Waals surface area contributed by atoms with Gasteiger partial charge in [0.2, 0.25) is 0 Å². The van der Waals surface area contributed by atoms with Crippen molar-refractivity contribution in [3.05, 3.63) is 12.3 Å². The Hall–Kier alpha value is -2.09. The molecule has 1 heterocycles. The SMILES string of the molecule is CC(C)CC(=O)OC[C@@H]1O[C@H](N/C=C\C(=N)N)CC1OC(=O)CC(C)C. The van der Waals surface area contributed by atoms with Gasteiger partial charge in [0.05, 0.1) is 0 Å². The molecule has 1 aliphatic rings. The molecule has 3 atom stereocenters. The first-order valence-corrected chi connectivity index (χ1v) is 8.94. The normalized spacial score (nSPS) is 22.8. The van der Waals surface area contributed by atoms with Crippen LogP contribution in [0.3, 0.4) is 0 Å². The number of amidine groups is 1. The summed E-state index contributed by atoms with van der Waals surface area (Å²) in [5, 5.41) is 10.1. The van der Waals surface area contributed by atoms with Crippen molar-refractivity contribution in [1.82, 2.24) is 5.32 Å². The third-order valence-electron chi connectivity index (χ3n) is 3.59. The lowest BCUT2D eigenvalue weighted by molar-refractivity contribution is -0.158. The standard InChI is InChI=1S/C18H31N3O5/c1-11(2)7-17(22)24-10-14-13(26-18(23)8-12(3)4)9-16(25-14)21-6-5-15(19)20/h5-6,11-14,16,21H,7-10H2,1-4H3,(H3,19,20)/b6-5-/t13?,14-,16-/m0/s1. The first-order valence-electron chi connectivity index (χ1n) is 8.94. The summed E-state index contributed by atoms with van der Waals surface area (Å²) in [5.41, 5.74) is 5.25. The van der Waals surface area contributed by atoms with Crippen molar-refractivity contribution in [3.8, 4) is 0 Å². The highest BCUT2D eigenvalue weighted by Crippen LogP contribution is 2.23. The summed E-state index contributed by atoms with van der Waals surface area (Å²) in [4.78, 5) is 23.7. The molecule has 1 unspecified atom stereocenters. The molecule has 4 N–H and O–H groups in total. The van der Waals surface area contributed by atoms with Crippen LogP contribution >= 0.6 is 0 Å². The van der Waals surface area contributed by atoms with Crippen LogP contribution in [-0.2, 0) is 23.8 Å². The highest BCUT2D eigenvalue weighted by atomic mass is 16.6. The molecule has 0 bridgehead atoms. The molecule has 1 saturated heterocycles. The molecule has 8 nitrogen and oxygen atoms in total. The van der Waals surface area contributed by atoms with Crippen LogP contribution in [0.15, 0.2) is 12.3 Å². The van der Waals surface area contributed by atoms with Gasteiger partial charge in [0.15, 0.2) is 0 Å². The van der Waals surface area contributed by atoms with Crippen molar-refractivity contribution in [3.63, 3.8) is 0 Å². The molecule has 0 saturated carbocycles. The van der Waals surface area contributed by atoms with Crippen molar-refractivity contribution in [2.45, 2.75) is 65.4 Å². The summed E-state index contributed by atoms with van der Waals surface area (Å²) >= 11 is 0. The quantitative estimate of drug-likeness (QED) is 0.304. The molecular weight excluding hydrogens is 338 g/mol. The summed E-state index contributed by atoms with van der Waals surface area (Å²) in [6.07, 6.45) is 2.50. The molecule has 1 aliphatic heterocycles.